The van der Waals surface area contributed by atoms with E-state index in [-0.39, 0.29) is 24.4 Å². The van der Waals surface area contributed by atoms with Gasteiger partial charge in [0.25, 0.3) is 5.56 Å². The number of anilines is 3. The average Bonchev–Trinajstić information content (AvgIpc) is 2.82. The number of aryl methyl sites for hydroxylation is 2. The van der Waals surface area contributed by atoms with E-state index in [1.54, 1.807) is 30.5 Å². The Morgan fingerprint density at radius 3 is 2.67 bits per heavy atom. The molecule has 4 aromatic rings. The molecule has 3 aromatic heterocycles. The number of pyridine rings is 1. The van der Waals surface area contributed by atoms with Crippen LogP contribution in [0.15, 0.2) is 66.1 Å². The van der Waals surface area contributed by atoms with E-state index in [1.165, 1.54) is 17.2 Å². The number of amides is 1. The topological polar surface area (TPSA) is 127 Å². The van der Waals surface area contributed by atoms with Crippen molar-refractivity contribution in [2.45, 2.75) is 19.9 Å². The van der Waals surface area contributed by atoms with Gasteiger partial charge < -0.3 is 16.0 Å². The first-order valence-corrected chi connectivity index (χ1v) is 10.5. The third-order valence-corrected chi connectivity index (χ3v) is 4.90. The maximum absolute atomic E-state index is 12.5. The first-order chi connectivity index (χ1) is 16.1. The molecule has 3 heterocycles. The fourth-order valence-corrected chi connectivity index (χ4v) is 3.23. The largest absolute Gasteiger partial charge is 0.368 e. The Kier molecular flexibility index (Phi) is 6.84. The minimum absolute atomic E-state index is 0.146. The van der Waals surface area contributed by atoms with Crippen LogP contribution in [0.2, 0.25) is 0 Å². The number of hydrogen-bond donors (Lipinski definition) is 3. The summed E-state index contributed by atoms with van der Waals surface area (Å²) in [5.74, 6) is 1.80. The number of para-hydroxylation sites is 1. The Labute approximate surface area is 190 Å². The SMILES string of the molecule is Cc1ccnc(Nc2cc(NCCNC(=O)CCn3cnc4ccccc4c3=O)ncn2)c1. The number of hydrogen-bond acceptors (Lipinski definition) is 8. The first-order valence-electron chi connectivity index (χ1n) is 10.5. The van der Waals surface area contributed by atoms with Crippen LogP contribution in [0.25, 0.3) is 10.9 Å². The van der Waals surface area contributed by atoms with E-state index >= 15 is 0 Å². The van der Waals surface area contributed by atoms with Crippen LogP contribution in [-0.2, 0) is 11.3 Å². The van der Waals surface area contributed by atoms with Crippen molar-refractivity contribution in [2.24, 2.45) is 0 Å². The van der Waals surface area contributed by atoms with Crippen LogP contribution in [0.3, 0.4) is 0 Å². The van der Waals surface area contributed by atoms with Gasteiger partial charge in [-0.3, -0.25) is 14.2 Å². The van der Waals surface area contributed by atoms with Gasteiger partial charge in [0.1, 0.15) is 23.8 Å². The predicted molar refractivity (Wildman–Crippen MR) is 126 cm³/mol. The Bertz CT molecular complexity index is 1320. The third-order valence-electron chi connectivity index (χ3n) is 4.90. The van der Waals surface area contributed by atoms with Crippen LogP contribution in [0.1, 0.15) is 12.0 Å². The number of fused-ring (bicyclic) bond motifs is 1. The summed E-state index contributed by atoms with van der Waals surface area (Å²) in [6.45, 7) is 3.16. The minimum Gasteiger partial charge on any atom is -0.368 e. The lowest BCUT2D eigenvalue weighted by Crippen LogP contribution is -2.31. The van der Waals surface area contributed by atoms with Crippen molar-refractivity contribution < 1.29 is 4.79 Å². The Morgan fingerprint density at radius 1 is 0.970 bits per heavy atom. The van der Waals surface area contributed by atoms with Gasteiger partial charge in [0.05, 0.1) is 17.2 Å². The van der Waals surface area contributed by atoms with Gasteiger partial charge >= 0.3 is 0 Å². The molecule has 0 fully saturated rings. The van der Waals surface area contributed by atoms with Crippen LogP contribution in [-0.4, -0.2) is 43.5 Å². The van der Waals surface area contributed by atoms with E-state index in [0.717, 1.165) is 5.56 Å². The van der Waals surface area contributed by atoms with Gasteiger partial charge in [-0.05, 0) is 36.8 Å². The third kappa shape index (κ3) is 5.88. The van der Waals surface area contributed by atoms with Crippen molar-refractivity contribution in [3.05, 3.63) is 77.2 Å². The lowest BCUT2D eigenvalue weighted by molar-refractivity contribution is -0.121. The van der Waals surface area contributed by atoms with E-state index in [4.69, 9.17) is 0 Å². The number of rotatable bonds is 9. The van der Waals surface area contributed by atoms with E-state index in [9.17, 15) is 9.59 Å². The zero-order chi connectivity index (χ0) is 23.0. The molecule has 4 rings (SSSR count). The van der Waals surface area contributed by atoms with E-state index in [1.807, 2.05) is 25.1 Å². The highest BCUT2D eigenvalue weighted by Crippen LogP contribution is 2.14. The van der Waals surface area contributed by atoms with Crippen LogP contribution in [0, 0.1) is 6.92 Å². The molecule has 0 aliphatic heterocycles. The van der Waals surface area contributed by atoms with Gasteiger partial charge in [-0.25, -0.2) is 19.9 Å². The molecule has 0 radical (unpaired) electrons. The number of carbonyl (C=O) groups is 1. The van der Waals surface area contributed by atoms with E-state index in [2.05, 4.69) is 35.9 Å². The highest BCUT2D eigenvalue weighted by atomic mass is 16.1. The van der Waals surface area contributed by atoms with Gasteiger partial charge in [-0.15, -0.1) is 0 Å². The summed E-state index contributed by atoms with van der Waals surface area (Å²) in [4.78, 5) is 41.5. The van der Waals surface area contributed by atoms with Crippen molar-refractivity contribution in [1.29, 1.82) is 0 Å². The monoisotopic (exact) mass is 444 g/mol. The van der Waals surface area contributed by atoms with Crippen LogP contribution in [0.5, 0.6) is 0 Å². The van der Waals surface area contributed by atoms with Gasteiger partial charge in [-0.1, -0.05) is 12.1 Å². The summed E-state index contributed by atoms with van der Waals surface area (Å²) >= 11 is 0. The summed E-state index contributed by atoms with van der Waals surface area (Å²) in [5.41, 5.74) is 1.59. The quantitative estimate of drug-likeness (QED) is 0.336. The summed E-state index contributed by atoms with van der Waals surface area (Å²) < 4.78 is 1.46. The first kappa shape index (κ1) is 21.9. The number of nitrogens with zero attached hydrogens (tertiary/aromatic N) is 5. The fraction of sp³-hybridized carbons (Fsp3) is 0.217. The molecule has 0 spiro atoms. The number of carbonyl (C=O) groups excluding carboxylic acids is 1. The highest BCUT2D eigenvalue weighted by Gasteiger charge is 2.06. The second-order valence-corrected chi connectivity index (χ2v) is 7.42. The molecule has 33 heavy (non-hydrogen) atoms. The summed E-state index contributed by atoms with van der Waals surface area (Å²) in [6.07, 6.45) is 4.85. The van der Waals surface area contributed by atoms with E-state index in [0.29, 0.717) is 41.4 Å². The summed E-state index contributed by atoms with van der Waals surface area (Å²) in [5, 5.41) is 9.66. The molecule has 0 aliphatic rings. The molecule has 0 saturated carbocycles. The number of benzene rings is 1. The Balaban J connectivity index is 1.22. The van der Waals surface area contributed by atoms with Crippen molar-refractivity contribution in [2.75, 3.05) is 23.7 Å². The second-order valence-electron chi connectivity index (χ2n) is 7.42. The molecular formula is C23H24N8O2. The van der Waals surface area contributed by atoms with E-state index < -0.39 is 0 Å². The second kappa shape index (κ2) is 10.3. The molecule has 1 amide bonds. The van der Waals surface area contributed by atoms with Crippen LogP contribution < -0.4 is 21.5 Å². The standard InChI is InChI=1S/C23H24N8O2/c1-16-6-8-24-20(12-16)30-21-13-19(27-14-28-21)25-9-10-26-22(32)7-11-31-15-29-18-5-3-2-4-17(18)23(31)33/h2-6,8,12-15H,7,9-11H2,1H3,(H,26,32)(H2,24,25,27,28,30). The minimum atomic E-state index is -0.149. The molecule has 0 unspecified atom stereocenters. The molecule has 3 N–H and O–H groups in total. The van der Waals surface area contributed by atoms with Crippen molar-refractivity contribution in [1.82, 2.24) is 29.8 Å². The normalized spacial score (nSPS) is 10.7. The van der Waals surface area contributed by atoms with Crippen molar-refractivity contribution in [3.63, 3.8) is 0 Å². The molecule has 0 bridgehead atoms. The smallest absolute Gasteiger partial charge is 0.261 e. The summed E-state index contributed by atoms with van der Waals surface area (Å²) in [6, 6.07) is 12.8. The average molecular weight is 444 g/mol. The maximum atomic E-state index is 12.5. The van der Waals surface area contributed by atoms with Gasteiger partial charge in [-0.2, -0.15) is 0 Å². The highest BCUT2D eigenvalue weighted by molar-refractivity contribution is 5.77. The number of aromatic nitrogens is 5. The Morgan fingerprint density at radius 2 is 1.79 bits per heavy atom. The molecule has 168 valence electrons. The zero-order valence-electron chi connectivity index (χ0n) is 18.2. The molecule has 0 aliphatic carbocycles. The summed E-state index contributed by atoms with van der Waals surface area (Å²) in [7, 11) is 0. The van der Waals surface area contributed by atoms with Crippen molar-refractivity contribution >= 4 is 34.3 Å². The van der Waals surface area contributed by atoms with Gasteiger partial charge in [0.2, 0.25) is 5.91 Å². The van der Waals surface area contributed by atoms with Crippen LogP contribution >= 0.6 is 0 Å². The molecule has 10 nitrogen and oxygen atoms in total. The Hall–Kier alpha value is -4.34. The predicted octanol–water partition coefficient (Wildman–Crippen LogP) is 2.25. The molecule has 1 aromatic carbocycles. The molecule has 10 heteroatoms. The maximum Gasteiger partial charge on any atom is 0.261 e. The molecule has 0 atom stereocenters. The number of nitrogens with one attached hydrogen (secondary N) is 3. The lowest BCUT2D eigenvalue weighted by Gasteiger charge is -2.10. The van der Waals surface area contributed by atoms with Gasteiger partial charge in [0.15, 0.2) is 0 Å². The fourth-order valence-electron chi connectivity index (χ4n) is 3.23. The van der Waals surface area contributed by atoms with Crippen LogP contribution in [0.4, 0.5) is 17.5 Å². The lowest BCUT2D eigenvalue weighted by atomic mass is 10.2. The molecule has 0 saturated heterocycles. The molecular weight excluding hydrogens is 420 g/mol. The zero-order valence-corrected chi connectivity index (χ0v) is 18.2. The van der Waals surface area contributed by atoms with Gasteiger partial charge in [0, 0.05) is 38.3 Å². The van der Waals surface area contributed by atoms with Crippen molar-refractivity contribution in [3.8, 4) is 0 Å².